The standard InChI is InChI=1S/C16H19N3O4/c1-18(6-4-16(22)23)10-13-7-14(20)15(21)11-19(13)9-12-3-2-5-17-8-12/h2-3,5,7-8,11,21H,4,6,9-10H2,1H3,(H,22,23). The zero-order valence-corrected chi connectivity index (χ0v) is 12.8. The third kappa shape index (κ3) is 4.93. The summed E-state index contributed by atoms with van der Waals surface area (Å²) < 4.78 is 1.77. The maximum Gasteiger partial charge on any atom is 0.304 e. The van der Waals surface area contributed by atoms with Gasteiger partial charge in [-0.3, -0.25) is 14.6 Å². The van der Waals surface area contributed by atoms with Crippen molar-refractivity contribution in [2.24, 2.45) is 0 Å². The molecule has 0 unspecified atom stereocenters. The van der Waals surface area contributed by atoms with E-state index in [9.17, 15) is 14.7 Å². The first kappa shape index (κ1) is 16.7. The number of hydrogen-bond donors (Lipinski definition) is 2. The average molecular weight is 317 g/mol. The molecule has 0 saturated heterocycles. The average Bonchev–Trinajstić information content (AvgIpc) is 2.51. The molecule has 0 aliphatic rings. The highest BCUT2D eigenvalue weighted by molar-refractivity contribution is 5.66. The van der Waals surface area contributed by atoms with E-state index in [0.717, 1.165) is 5.56 Å². The van der Waals surface area contributed by atoms with Crippen LogP contribution in [0.5, 0.6) is 5.75 Å². The van der Waals surface area contributed by atoms with Crippen molar-refractivity contribution in [2.75, 3.05) is 13.6 Å². The van der Waals surface area contributed by atoms with Gasteiger partial charge in [0.05, 0.1) is 12.6 Å². The summed E-state index contributed by atoms with van der Waals surface area (Å²) in [4.78, 5) is 28.2. The van der Waals surface area contributed by atoms with Gasteiger partial charge in [0.1, 0.15) is 0 Å². The first-order chi connectivity index (χ1) is 11.0. The van der Waals surface area contributed by atoms with Crippen LogP contribution in [0.25, 0.3) is 0 Å². The van der Waals surface area contributed by atoms with E-state index >= 15 is 0 Å². The fourth-order valence-corrected chi connectivity index (χ4v) is 2.22. The van der Waals surface area contributed by atoms with Crippen LogP contribution in [0.4, 0.5) is 0 Å². The molecule has 0 aliphatic heterocycles. The van der Waals surface area contributed by atoms with Gasteiger partial charge in [-0.1, -0.05) is 6.07 Å². The highest BCUT2D eigenvalue weighted by atomic mass is 16.4. The van der Waals surface area contributed by atoms with Crippen molar-refractivity contribution in [2.45, 2.75) is 19.5 Å². The summed E-state index contributed by atoms with van der Waals surface area (Å²) in [5.74, 6) is -1.18. The van der Waals surface area contributed by atoms with Crippen LogP contribution in [-0.4, -0.2) is 44.2 Å². The van der Waals surface area contributed by atoms with Crippen LogP contribution in [0.2, 0.25) is 0 Å². The van der Waals surface area contributed by atoms with E-state index in [1.54, 1.807) is 24.0 Å². The van der Waals surface area contributed by atoms with Crippen molar-refractivity contribution in [1.29, 1.82) is 0 Å². The van der Waals surface area contributed by atoms with Gasteiger partial charge in [-0.05, 0) is 18.7 Å². The zero-order chi connectivity index (χ0) is 16.8. The number of carbonyl (C=O) groups is 1. The molecule has 0 aliphatic carbocycles. The Kier molecular flexibility index (Phi) is 5.48. The molecule has 0 fully saturated rings. The lowest BCUT2D eigenvalue weighted by Gasteiger charge is -2.20. The Morgan fingerprint density at radius 1 is 1.43 bits per heavy atom. The van der Waals surface area contributed by atoms with E-state index in [1.807, 2.05) is 17.0 Å². The summed E-state index contributed by atoms with van der Waals surface area (Å²) in [7, 11) is 1.79. The number of nitrogens with zero attached hydrogens (tertiary/aromatic N) is 3. The molecule has 0 bridgehead atoms. The SMILES string of the molecule is CN(CCC(=O)O)Cc1cc(=O)c(O)cn1Cc1cccnc1. The second-order valence-electron chi connectivity index (χ2n) is 5.38. The number of carboxylic acid groups (broad SMARTS) is 1. The van der Waals surface area contributed by atoms with Crippen molar-refractivity contribution in [3.8, 4) is 5.75 Å². The van der Waals surface area contributed by atoms with Crippen LogP contribution in [-0.2, 0) is 17.9 Å². The molecule has 0 saturated carbocycles. The third-order valence-corrected chi connectivity index (χ3v) is 3.41. The molecule has 0 spiro atoms. The van der Waals surface area contributed by atoms with E-state index in [4.69, 9.17) is 5.11 Å². The summed E-state index contributed by atoms with van der Waals surface area (Å²) in [5.41, 5.74) is 1.18. The van der Waals surface area contributed by atoms with Crippen LogP contribution in [0, 0.1) is 0 Å². The van der Waals surface area contributed by atoms with Crippen molar-refractivity contribution in [3.05, 3.63) is 58.3 Å². The first-order valence-electron chi connectivity index (χ1n) is 7.17. The van der Waals surface area contributed by atoms with Gasteiger partial charge in [0.25, 0.3) is 0 Å². The Morgan fingerprint density at radius 3 is 2.87 bits per heavy atom. The Labute approximate surface area is 133 Å². The molecule has 2 aromatic heterocycles. The molecule has 23 heavy (non-hydrogen) atoms. The lowest BCUT2D eigenvalue weighted by Crippen LogP contribution is -2.25. The minimum absolute atomic E-state index is 0.0292. The fourth-order valence-electron chi connectivity index (χ4n) is 2.22. The summed E-state index contributed by atoms with van der Waals surface area (Å²) in [6.45, 7) is 1.24. The second kappa shape index (κ2) is 7.55. The monoisotopic (exact) mass is 317 g/mol. The van der Waals surface area contributed by atoms with Gasteiger partial charge in [-0.15, -0.1) is 0 Å². The number of rotatable bonds is 7. The molecule has 0 amide bonds. The van der Waals surface area contributed by atoms with Crippen LogP contribution >= 0.6 is 0 Å². The molecular weight excluding hydrogens is 298 g/mol. The molecule has 7 nitrogen and oxygen atoms in total. The Hall–Kier alpha value is -2.67. The largest absolute Gasteiger partial charge is 0.503 e. The maximum absolute atomic E-state index is 11.7. The summed E-state index contributed by atoms with van der Waals surface area (Å²) in [5, 5.41) is 18.4. The summed E-state index contributed by atoms with van der Waals surface area (Å²) in [6.07, 6.45) is 4.82. The molecule has 0 atom stereocenters. The molecule has 0 radical (unpaired) electrons. The minimum Gasteiger partial charge on any atom is -0.503 e. The Morgan fingerprint density at radius 2 is 2.22 bits per heavy atom. The van der Waals surface area contributed by atoms with Crippen LogP contribution in [0.15, 0.2) is 41.6 Å². The van der Waals surface area contributed by atoms with Gasteiger partial charge in [0, 0.05) is 43.8 Å². The quantitative estimate of drug-likeness (QED) is 0.788. The number of hydrogen-bond acceptors (Lipinski definition) is 5. The number of aromatic nitrogens is 2. The molecule has 2 heterocycles. The Balaban J connectivity index is 2.21. The molecule has 0 aromatic carbocycles. The van der Waals surface area contributed by atoms with Crippen molar-refractivity contribution in [1.82, 2.24) is 14.5 Å². The highest BCUT2D eigenvalue weighted by Crippen LogP contribution is 2.11. The lowest BCUT2D eigenvalue weighted by molar-refractivity contribution is -0.137. The first-order valence-corrected chi connectivity index (χ1v) is 7.17. The molecule has 2 aromatic rings. The smallest absolute Gasteiger partial charge is 0.304 e. The summed E-state index contributed by atoms with van der Waals surface area (Å²) in [6, 6.07) is 5.10. The van der Waals surface area contributed by atoms with Gasteiger partial charge in [-0.2, -0.15) is 0 Å². The fraction of sp³-hybridized carbons (Fsp3) is 0.312. The predicted molar refractivity (Wildman–Crippen MR) is 84.3 cm³/mol. The minimum atomic E-state index is -0.865. The van der Waals surface area contributed by atoms with Gasteiger partial charge in [0.15, 0.2) is 5.75 Å². The predicted octanol–water partition coefficient (Wildman–Crippen LogP) is 0.904. The van der Waals surface area contributed by atoms with E-state index in [1.165, 1.54) is 12.3 Å². The van der Waals surface area contributed by atoms with Crippen molar-refractivity contribution < 1.29 is 15.0 Å². The highest BCUT2D eigenvalue weighted by Gasteiger charge is 2.10. The van der Waals surface area contributed by atoms with Gasteiger partial charge >= 0.3 is 5.97 Å². The number of carboxylic acids is 1. The molecular formula is C16H19N3O4. The maximum atomic E-state index is 11.7. The molecule has 2 rings (SSSR count). The van der Waals surface area contributed by atoms with Gasteiger partial charge in [-0.25, -0.2) is 0 Å². The van der Waals surface area contributed by atoms with Crippen molar-refractivity contribution in [3.63, 3.8) is 0 Å². The van der Waals surface area contributed by atoms with E-state index < -0.39 is 11.4 Å². The molecule has 2 N–H and O–H groups in total. The Bertz CT molecular complexity index is 728. The van der Waals surface area contributed by atoms with Gasteiger partial charge < -0.3 is 19.7 Å². The normalized spacial score (nSPS) is 10.9. The molecule has 122 valence electrons. The van der Waals surface area contributed by atoms with Crippen molar-refractivity contribution >= 4 is 5.97 Å². The van der Waals surface area contributed by atoms with E-state index in [0.29, 0.717) is 25.3 Å². The zero-order valence-electron chi connectivity index (χ0n) is 12.8. The van der Waals surface area contributed by atoms with Crippen LogP contribution < -0.4 is 5.43 Å². The second-order valence-corrected chi connectivity index (χ2v) is 5.38. The lowest BCUT2D eigenvalue weighted by atomic mass is 10.2. The van der Waals surface area contributed by atoms with Crippen LogP contribution in [0.3, 0.4) is 0 Å². The number of aromatic hydroxyl groups is 1. The van der Waals surface area contributed by atoms with E-state index in [2.05, 4.69) is 4.98 Å². The number of pyridine rings is 2. The number of aliphatic carboxylic acids is 1. The third-order valence-electron chi connectivity index (χ3n) is 3.41. The van der Waals surface area contributed by atoms with E-state index in [-0.39, 0.29) is 12.2 Å². The van der Waals surface area contributed by atoms with Gasteiger partial charge in [0.2, 0.25) is 5.43 Å². The summed E-state index contributed by atoms with van der Waals surface area (Å²) >= 11 is 0. The van der Waals surface area contributed by atoms with Crippen LogP contribution in [0.1, 0.15) is 17.7 Å². The topological polar surface area (TPSA) is 95.7 Å². The molecule has 7 heteroatoms.